The lowest BCUT2D eigenvalue weighted by Gasteiger charge is -2.07. The summed E-state index contributed by atoms with van der Waals surface area (Å²) in [6.07, 6.45) is 1.55. The van der Waals surface area contributed by atoms with Crippen molar-refractivity contribution in [1.29, 1.82) is 0 Å². The molecule has 4 nitrogen and oxygen atoms in total. The van der Waals surface area contributed by atoms with Crippen LogP contribution in [0.2, 0.25) is 5.02 Å². The summed E-state index contributed by atoms with van der Waals surface area (Å²) in [5, 5.41) is 9.42. The van der Waals surface area contributed by atoms with Gasteiger partial charge in [0.1, 0.15) is 5.02 Å². The second-order valence-electron chi connectivity index (χ2n) is 5.80. The summed E-state index contributed by atoms with van der Waals surface area (Å²) in [5.41, 5.74) is 0.891. The number of halogens is 1. The second kappa shape index (κ2) is 3.73. The van der Waals surface area contributed by atoms with Gasteiger partial charge in [0.05, 0.1) is 11.9 Å². The second-order valence-corrected chi connectivity index (χ2v) is 6.18. The molecule has 1 fully saturated rings. The zero-order chi connectivity index (χ0) is 12.8. The third-order valence-electron chi connectivity index (χ3n) is 4.61. The Labute approximate surface area is 106 Å². The molecule has 2 rings (SSSR count). The largest absolute Gasteiger partial charge is 0.382 e. The van der Waals surface area contributed by atoms with Crippen molar-refractivity contribution in [2.45, 2.75) is 27.7 Å². The topological polar surface area (TPSA) is 57.8 Å². The van der Waals surface area contributed by atoms with Gasteiger partial charge in [-0.3, -0.25) is 4.79 Å². The SMILES string of the molecule is CC1(C)C(CNc2cn[nH]c(=O)c2Cl)C1(C)C. The van der Waals surface area contributed by atoms with E-state index in [2.05, 4.69) is 43.2 Å². The highest BCUT2D eigenvalue weighted by molar-refractivity contribution is 6.32. The third kappa shape index (κ3) is 1.84. The molecule has 17 heavy (non-hydrogen) atoms. The zero-order valence-corrected chi connectivity index (χ0v) is 11.4. The summed E-state index contributed by atoms with van der Waals surface area (Å²) in [6.45, 7) is 9.85. The van der Waals surface area contributed by atoms with E-state index in [-0.39, 0.29) is 10.6 Å². The van der Waals surface area contributed by atoms with Crippen LogP contribution >= 0.6 is 11.6 Å². The fourth-order valence-corrected chi connectivity index (χ4v) is 2.72. The van der Waals surface area contributed by atoms with E-state index < -0.39 is 0 Å². The van der Waals surface area contributed by atoms with Crippen LogP contribution in [0.4, 0.5) is 5.69 Å². The lowest BCUT2D eigenvalue weighted by atomic mass is 10.0. The molecule has 0 aromatic carbocycles. The van der Waals surface area contributed by atoms with Crippen molar-refractivity contribution in [2.75, 3.05) is 11.9 Å². The average Bonchev–Trinajstić information content (AvgIpc) is 2.61. The number of rotatable bonds is 3. The number of anilines is 1. The zero-order valence-electron chi connectivity index (χ0n) is 10.6. The normalized spacial score (nSPS) is 21.2. The number of hydrogen-bond donors (Lipinski definition) is 2. The minimum Gasteiger partial charge on any atom is -0.382 e. The van der Waals surface area contributed by atoms with Gasteiger partial charge in [-0.2, -0.15) is 5.10 Å². The summed E-state index contributed by atoms with van der Waals surface area (Å²) in [5.74, 6) is 0.574. The number of H-pyrrole nitrogens is 1. The molecule has 0 saturated heterocycles. The van der Waals surface area contributed by atoms with Crippen LogP contribution in [-0.2, 0) is 0 Å². The summed E-state index contributed by atoms with van der Waals surface area (Å²) in [4.78, 5) is 11.3. The van der Waals surface area contributed by atoms with Crippen molar-refractivity contribution >= 4 is 17.3 Å². The van der Waals surface area contributed by atoms with E-state index in [9.17, 15) is 4.79 Å². The van der Waals surface area contributed by atoms with Gasteiger partial charge in [-0.1, -0.05) is 39.3 Å². The highest BCUT2D eigenvalue weighted by Gasteiger charge is 2.64. The third-order valence-corrected chi connectivity index (χ3v) is 4.99. The Morgan fingerprint density at radius 1 is 1.41 bits per heavy atom. The van der Waals surface area contributed by atoms with Crippen LogP contribution in [0, 0.1) is 16.7 Å². The van der Waals surface area contributed by atoms with Crippen molar-refractivity contribution in [3.05, 3.63) is 21.6 Å². The van der Waals surface area contributed by atoms with Crippen LogP contribution in [-0.4, -0.2) is 16.7 Å². The first-order valence-corrected chi connectivity index (χ1v) is 6.13. The molecule has 0 atom stereocenters. The highest BCUT2D eigenvalue weighted by Crippen LogP contribution is 2.68. The maximum atomic E-state index is 11.3. The van der Waals surface area contributed by atoms with Gasteiger partial charge in [-0.15, -0.1) is 0 Å². The van der Waals surface area contributed by atoms with Gasteiger partial charge in [0, 0.05) is 6.54 Å². The van der Waals surface area contributed by atoms with Crippen molar-refractivity contribution < 1.29 is 0 Å². The Hall–Kier alpha value is -1.03. The van der Waals surface area contributed by atoms with Crippen LogP contribution in [0.15, 0.2) is 11.0 Å². The molecule has 0 spiro atoms. The molecule has 1 aromatic rings. The van der Waals surface area contributed by atoms with Crippen molar-refractivity contribution in [2.24, 2.45) is 16.7 Å². The molecule has 1 aliphatic rings. The quantitative estimate of drug-likeness (QED) is 0.873. The Kier molecular flexibility index (Phi) is 2.73. The van der Waals surface area contributed by atoms with Gasteiger partial charge < -0.3 is 5.32 Å². The molecule has 1 aliphatic carbocycles. The molecule has 0 bridgehead atoms. The van der Waals surface area contributed by atoms with E-state index in [1.54, 1.807) is 6.20 Å². The Balaban J connectivity index is 2.06. The Morgan fingerprint density at radius 3 is 2.53 bits per heavy atom. The van der Waals surface area contributed by atoms with Crippen molar-refractivity contribution in [3.8, 4) is 0 Å². The minimum atomic E-state index is -0.356. The number of aromatic amines is 1. The number of hydrogen-bond acceptors (Lipinski definition) is 3. The van der Waals surface area contributed by atoms with Crippen LogP contribution in [0.1, 0.15) is 27.7 Å². The molecule has 1 aromatic heterocycles. The Morgan fingerprint density at radius 2 is 2.00 bits per heavy atom. The molecule has 94 valence electrons. The molecule has 0 amide bonds. The van der Waals surface area contributed by atoms with Gasteiger partial charge in [0.25, 0.3) is 5.56 Å². The first-order chi connectivity index (χ1) is 7.78. The minimum absolute atomic E-state index is 0.177. The fourth-order valence-electron chi connectivity index (χ4n) is 2.56. The molecular formula is C12H18ClN3O. The lowest BCUT2D eigenvalue weighted by Crippen LogP contribution is -2.14. The van der Waals surface area contributed by atoms with Crippen LogP contribution in [0.3, 0.4) is 0 Å². The fraction of sp³-hybridized carbons (Fsp3) is 0.667. The standard InChI is InChI=1S/C12H18ClN3O/c1-11(2)8(12(11,3)4)6-14-7-5-15-16-10(17)9(7)13/h5,8H,6H2,1-4H3,(H2,14,16,17). The molecule has 1 saturated carbocycles. The monoisotopic (exact) mass is 255 g/mol. The number of nitrogens with one attached hydrogen (secondary N) is 2. The van der Waals surface area contributed by atoms with Crippen molar-refractivity contribution in [3.63, 3.8) is 0 Å². The van der Waals surface area contributed by atoms with E-state index >= 15 is 0 Å². The molecule has 1 heterocycles. The lowest BCUT2D eigenvalue weighted by molar-refractivity contribution is 0.457. The van der Waals surface area contributed by atoms with E-state index in [1.165, 1.54) is 0 Å². The first-order valence-electron chi connectivity index (χ1n) is 5.75. The Bertz CT molecular complexity index is 479. The summed E-state index contributed by atoms with van der Waals surface area (Å²) < 4.78 is 0. The van der Waals surface area contributed by atoms with E-state index in [1.807, 2.05) is 0 Å². The van der Waals surface area contributed by atoms with Crippen LogP contribution < -0.4 is 10.9 Å². The predicted molar refractivity (Wildman–Crippen MR) is 69.4 cm³/mol. The van der Waals surface area contributed by atoms with Gasteiger partial charge in [-0.05, 0) is 16.7 Å². The maximum Gasteiger partial charge on any atom is 0.285 e. The first kappa shape index (κ1) is 12.4. The van der Waals surface area contributed by atoms with Crippen molar-refractivity contribution in [1.82, 2.24) is 10.2 Å². The van der Waals surface area contributed by atoms with Gasteiger partial charge in [0.2, 0.25) is 0 Å². The smallest absolute Gasteiger partial charge is 0.285 e. The maximum absolute atomic E-state index is 11.3. The highest BCUT2D eigenvalue weighted by atomic mass is 35.5. The number of aromatic nitrogens is 2. The van der Waals surface area contributed by atoms with Gasteiger partial charge >= 0.3 is 0 Å². The molecule has 0 aliphatic heterocycles. The van der Waals surface area contributed by atoms with E-state index in [0.29, 0.717) is 22.4 Å². The molecule has 5 heteroatoms. The summed E-state index contributed by atoms with van der Waals surface area (Å²) in [6, 6.07) is 0. The van der Waals surface area contributed by atoms with E-state index in [0.717, 1.165) is 6.54 Å². The molecule has 0 unspecified atom stereocenters. The number of nitrogens with zero attached hydrogens (tertiary/aromatic N) is 1. The average molecular weight is 256 g/mol. The van der Waals surface area contributed by atoms with Crippen LogP contribution in [0.25, 0.3) is 0 Å². The molecule has 2 N–H and O–H groups in total. The van der Waals surface area contributed by atoms with E-state index in [4.69, 9.17) is 11.6 Å². The van der Waals surface area contributed by atoms with Gasteiger partial charge in [-0.25, -0.2) is 5.10 Å². The van der Waals surface area contributed by atoms with Crippen LogP contribution in [0.5, 0.6) is 0 Å². The summed E-state index contributed by atoms with van der Waals surface area (Å²) >= 11 is 5.89. The van der Waals surface area contributed by atoms with Gasteiger partial charge in [0.15, 0.2) is 0 Å². The molecular weight excluding hydrogens is 238 g/mol. The summed E-state index contributed by atoms with van der Waals surface area (Å²) in [7, 11) is 0. The molecule has 0 radical (unpaired) electrons. The predicted octanol–water partition coefficient (Wildman–Crippen LogP) is 2.52.